The maximum atomic E-state index is 13.4. The highest BCUT2D eigenvalue weighted by Crippen LogP contribution is 2.21. The van der Waals surface area contributed by atoms with E-state index in [0.717, 1.165) is 16.8 Å². The van der Waals surface area contributed by atoms with E-state index in [2.05, 4.69) is 10.4 Å². The van der Waals surface area contributed by atoms with Crippen LogP contribution in [0.4, 0.5) is 8.78 Å². The summed E-state index contributed by atoms with van der Waals surface area (Å²) in [4.78, 5) is 0. The van der Waals surface area contributed by atoms with Crippen LogP contribution in [0.15, 0.2) is 54.7 Å². The molecule has 0 fully saturated rings. The molecule has 0 aliphatic rings. The van der Waals surface area contributed by atoms with Crippen LogP contribution in [0.5, 0.6) is 0 Å². The quantitative estimate of drug-likeness (QED) is 0.757. The van der Waals surface area contributed by atoms with Gasteiger partial charge in [-0.1, -0.05) is 18.2 Å². The van der Waals surface area contributed by atoms with Crippen LogP contribution in [0, 0.1) is 18.6 Å². The average molecular weight is 327 g/mol. The predicted molar refractivity (Wildman–Crippen MR) is 89.9 cm³/mol. The highest BCUT2D eigenvalue weighted by atomic mass is 19.1. The third kappa shape index (κ3) is 3.51. The van der Waals surface area contributed by atoms with Crippen LogP contribution in [-0.4, -0.2) is 9.78 Å². The molecule has 0 saturated carbocycles. The first-order chi connectivity index (χ1) is 11.5. The zero-order valence-corrected chi connectivity index (χ0v) is 13.6. The summed E-state index contributed by atoms with van der Waals surface area (Å²) in [5.41, 5.74) is 3.55. The van der Waals surface area contributed by atoms with E-state index in [-0.39, 0.29) is 17.7 Å². The van der Waals surface area contributed by atoms with Crippen molar-refractivity contribution < 1.29 is 8.78 Å². The largest absolute Gasteiger partial charge is 0.306 e. The molecule has 5 heteroatoms. The van der Waals surface area contributed by atoms with Crippen molar-refractivity contribution in [1.29, 1.82) is 0 Å². The second-order valence-corrected chi connectivity index (χ2v) is 5.81. The van der Waals surface area contributed by atoms with Gasteiger partial charge in [0.25, 0.3) is 0 Å². The second kappa shape index (κ2) is 6.93. The Morgan fingerprint density at radius 1 is 1.08 bits per heavy atom. The van der Waals surface area contributed by atoms with Crippen molar-refractivity contribution in [3.05, 3.63) is 83.2 Å². The summed E-state index contributed by atoms with van der Waals surface area (Å²) in [6.45, 7) is 4.54. The molecule has 1 unspecified atom stereocenters. The van der Waals surface area contributed by atoms with Gasteiger partial charge in [0.05, 0.1) is 11.9 Å². The first kappa shape index (κ1) is 16.3. The molecule has 0 spiro atoms. The van der Waals surface area contributed by atoms with Gasteiger partial charge in [-0.3, -0.25) is 0 Å². The highest BCUT2D eigenvalue weighted by Gasteiger charge is 2.14. The van der Waals surface area contributed by atoms with Crippen molar-refractivity contribution in [2.45, 2.75) is 26.4 Å². The molecule has 1 N–H and O–H groups in total. The van der Waals surface area contributed by atoms with E-state index in [1.54, 1.807) is 23.0 Å². The molecule has 0 radical (unpaired) electrons. The zero-order valence-electron chi connectivity index (χ0n) is 13.6. The number of nitrogens with one attached hydrogen (secondary N) is 1. The lowest BCUT2D eigenvalue weighted by atomic mass is 10.1. The molecule has 2 aromatic carbocycles. The number of benzene rings is 2. The molecule has 0 aliphatic carbocycles. The van der Waals surface area contributed by atoms with Crippen molar-refractivity contribution >= 4 is 0 Å². The first-order valence-electron chi connectivity index (χ1n) is 7.83. The van der Waals surface area contributed by atoms with Crippen LogP contribution in [0.25, 0.3) is 5.69 Å². The fraction of sp³-hybridized carbons (Fsp3) is 0.211. The SMILES string of the molecule is Cc1c(C(C)NCc2cccc(F)c2)cnn1-c1cccc(F)c1. The topological polar surface area (TPSA) is 29.9 Å². The van der Waals surface area contributed by atoms with Crippen LogP contribution in [0.2, 0.25) is 0 Å². The molecule has 1 aromatic heterocycles. The number of aromatic nitrogens is 2. The summed E-state index contributed by atoms with van der Waals surface area (Å²) >= 11 is 0. The van der Waals surface area contributed by atoms with Gasteiger partial charge in [-0.2, -0.15) is 5.10 Å². The monoisotopic (exact) mass is 327 g/mol. The van der Waals surface area contributed by atoms with E-state index in [1.807, 2.05) is 26.0 Å². The smallest absolute Gasteiger partial charge is 0.125 e. The Balaban J connectivity index is 1.75. The lowest BCUT2D eigenvalue weighted by Gasteiger charge is -2.14. The van der Waals surface area contributed by atoms with Gasteiger partial charge in [-0.15, -0.1) is 0 Å². The van der Waals surface area contributed by atoms with Gasteiger partial charge in [0, 0.05) is 23.8 Å². The van der Waals surface area contributed by atoms with Gasteiger partial charge in [0.15, 0.2) is 0 Å². The molecule has 0 amide bonds. The summed E-state index contributed by atoms with van der Waals surface area (Å²) < 4.78 is 28.4. The number of hydrogen-bond acceptors (Lipinski definition) is 2. The third-order valence-corrected chi connectivity index (χ3v) is 4.07. The lowest BCUT2D eigenvalue weighted by molar-refractivity contribution is 0.566. The summed E-state index contributed by atoms with van der Waals surface area (Å²) in [6, 6.07) is 12.9. The highest BCUT2D eigenvalue weighted by molar-refractivity contribution is 5.35. The van der Waals surface area contributed by atoms with Crippen molar-refractivity contribution in [2.24, 2.45) is 0 Å². The molecule has 0 saturated heterocycles. The molecule has 1 atom stereocenters. The Kier molecular flexibility index (Phi) is 4.71. The van der Waals surface area contributed by atoms with Gasteiger partial charge in [-0.05, 0) is 49.7 Å². The van der Waals surface area contributed by atoms with E-state index in [4.69, 9.17) is 0 Å². The van der Waals surface area contributed by atoms with Gasteiger partial charge in [-0.25, -0.2) is 13.5 Å². The Morgan fingerprint density at radius 3 is 2.50 bits per heavy atom. The standard InChI is InChI=1S/C19H19F2N3/c1-13(22-11-15-5-3-6-16(20)9-15)19-12-23-24(14(19)2)18-8-4-7-17(21)10-18/h3-10,12-13,22H,11H2,1-2H3. The molecule has 124 valence electrons. The van der Waals surface area contributed by atoms with Crippen molar-refractivity contribution in [1.82, 2.24) is 15.1 Å². The minimum Gasteiger partial charge on any atom is -0.306 e. The molecule has 0 bridgehead atoms. The third-order valence-electron chi connectivity index (χ3n) is 4.07. The van der Waals surface area contributed by atoms with Crippen LogP contribution >= 0.6 is 0 Å². The minimum absolute atomic E-state index is 0.0376. The predicted octanol–water partition coefficient (Wildman–Crippen LogP) is 4.31. The Bertz CT molecular complexity index is 842. The molecule has 0 aliphatic heterocycles. The lowest BCUT2D eigenvalue weighted by Crippen LogP contribution is -2.18. The van der Waals surface area contributed by atoms with Crippen molar-refractivity contribution in [2.75, 3.05) is 0 Å². The van der Waals surface area contributed by atoms with Crippen molar-refractivity contribution in [3.8, 4) is 5.69 Å². The summed E-state index contributed by atoms with van der Waals surface area (Å²) in [5.74, 6) is -0.529. The number of hydrogen-bond donors (Lipinski definition) is 1. The fourth-order valence-corrected chi connectivity index (χ4v) is 2.74. The molecule has 3 aromatic rings. The molecular weight excluding hydrogens is 308 g/mol. The van der Waals surface area contributed by atoms with E-state index >= 15 is 0 Å². The van der Waals surface area contributed by atoms with E-state index in [0.29, 0.717) is 12.2 Å². The maximum Gasteiger partial charge on any atom is 0.125 e. The second-order valence-electron chi connectivity index (χ2n) is 5.81. The average Bonchev–Trinajstić information content (AvgIpc) is 2.94. The fourth-order valence-electron chi connectivity index (χ4n) is 2.74. The molecule has 3 rings (SSSR count). The van der Waals surface area contributed by atoms with Gasteiger partial charge < -0.3 is 5.32 Å². The number of rotatable bonds is 5. The Labute approximate surface area is 139 Å². The van der Waals surface area contributed by atoms with E-state index < -0.39 is 0 Å². The van der Waals surface area contributed by atoms with Crippen LogP contribution in [0.3, 0.4) is 0 Å². The van der Waals surface area contributed by atoms with Gasteiger partial charge in [0.2, 0.25) is 0 Å². The van der Waals surface area contributed by atoms with E-state index in [9.17, 15) is 8.78 Å². The summed E-state index contributed by atoms with van der Waals surface area (Å²) in [5, 5.41) is 7.73. The molecular formula is C19H19F2N3. The van der Waals surface area contributed by atoms with Crippen LogP contribution in [-0.2, 0) is 6.54 Å². The number of halogens is 2. The Morgan fingerprint density at radius 2 is 1.79 bits per heavy atom. The Hall–Kier alpha value is -2.53. The van der Waals surface area contributed by atoms with Crippen LogP contribution in [0.1, 0.15) is 29.8 Å². The molecule has 24 heavy (non-hydrogen) atoms. The van der Waals surface area contributed by atoms with E-state index in [1.165, 1.54) is 24.3 Å². The van der Waals surface area contributed by atoms with Gasteiger partial charge >= 0.3 is 0 Å². The molecule has 3 nitrogen and oxygen atoms in total. The maximum absolute atomic E-state index is 13.4. The number of nitrogens with zero attached hydrogens (tertiary/aromatic N) is 2. The van der Waals surface area contributed by atoms with Crippen LogP contribution < -0.4 is 5.32 Å². The van der Waals surface area contributed by atoms with Crippen molar-refractivity contribution in [3.63, 3.8) is 0 Å². The summed E-state index contributed by atoms with van der Waals surface area (Å²) in [6.07, 6.45) is 1.78. The molecule has 1 heterocycles. The van der Waals surface area contributed by atoms with Gasteiger partial charge in [0.1, 0.15) is 11.6 Å². The zero-order chi connectivity index (χ0) is 17.1. The summed E-state index contributed by atoms with van der Waals surface area (Å²) in [7, 11) is 0. The minimum atomic E-state index is -0.291. The first-order valence-corrected chi connectivity index (χ1v) is 7.83. The normalized spacial score (nSPS) is 12.3.